The van der Waals surface area contributed by atoms with Gasteiger partial charge < -0.3 is 15.2 Å². The molecule has 6 nitrogen and oxygen atoms in total. The van der Waals surface area contributed by atoms with E-state index in [0.717, 1.165) is 5.56 Å². The van der Waals surface area contributed by atoms with E-state index < -0.39 is 6.03 Å². The van der Waals surface area contributed by atoms with Gasteiger partial charge in [0, 0.05) is 5.69 Å². The fraction of sp³-hybridized carbons (Fsp3) is 0.125. The SMILES string of the molecule is COc1cc(/C=N/NC(=O)Nc2ccccc2C)cc(Br)c1O. The maximum absolute atomic E-state index is 11.8. The van der Waals surface area contributed by atoms with Gasteiger partial charge in [0.25, 0.3) is 0 Å². The predicted molar refractivity (Wildman–Crippen MR) is 93.3 cm³/mol. The van der Waals surface area contributed by atoms with Crippen molar-refractivity contribution in [3.05, 3.63) is 52.0 Å². The molecule has 0 spiro atoms. The summed E-state index contributed by atoms with van der Waals surface area (Å²) in [6.45, 7) is 1.90. The second-order valence-corrected chi connectivity index (χ2v) is 5.55. The number of halogens is 1. The van der Waals surface area contributed by atoms with Gasteiger partial charge in [-0.25, -0.2) is 10.2 Å². The third kappa shape index (κ3) is 4.46. The first kappa shape index (κ1) is 16.8. The van der Waals surface area contributed by atoms with Gasteiger partial charge in [0.1, 0.15) is 0 Å². The molecule has 0 unspecified atom stereocenters. The highest BCUT2D eigenvalue weighted by molar-refractivity contribution is 9.10. The van der Waals surface area contributed by atoms with Gasteiger partial charge in [0.2, 0.25) is 0 Å². The van der Waals surface area contributed by atoms with Crippen molar-refractivity contribution in [1.82, 2.24) is 5.43 Å². The number of urea groups is 1. The summed E-state index contributed by atoms with van der Waals surface area (Å²) in [5, 5.41) is 16.3. The standard InChI is InChI=1S/C16H16BrN3O3/c1-10-5-3-4-6-13(10)19-16(22)20-18-9-11-7-12(17)15(21)14(8-11)23-2/h3-9,21H,1-2H3,(H2,19,20,22)/b18-9+. The smallest absolute Gasteiger partial charge is 0.339 e. The lowest BCUT2D eigenvalue weighted by molar-refractivity contribution is 0.252. The van der Waals surface area contributed by atoms with Gasteiger partial charge in [-0.2, -0.15) is 5.10 Å². The normalized spacial score (nSPS) is 10.6. The molecule has 0 aliphatic rings. The first-order chi connectivity index (χ1) is 11.0. The number of anilines is 1. The summed E-state index contributed by atoms with van der Waals surface area (Å²) in [4.78, 5) is 11.8. The maximum atomic E-state index is 11.8. The average molecular weight is 378 g/mol. The van der Waals surface area contributed by atoms with E-state index in [9.17, 15) is 9.90 Å². The van der Waals surface area contributed by atoms with Crippen molar-refractivity contribution in [2.45, 2.75) is 6.92 Å². The zero-order valence-electron chi connectivity index (χ0n) is 12.6. The van der Waals surface area contributed by atoms with Gasteiger partial charge >= 0.3 is 6.03 Å². The number of benzene rings is 2. The number of methoxy groups -OCH3 is 1. The number of nitrogens with zero attached hydrogens (tertiary/aromatic N) is 1. The van der Waals surface area contributed by atoms with E-state index in [1.165, 1.54) is 13.3 Å². The Hall–Kier alpha value is -2.54. The van der Waals surface area contributed by atoms with Gasteiger partial charge in [-0.05, 0) is 52.2 Å². The molecule has 3 N–H and O–H groups in total. The molecule has 0 saturated heterocycles. The molecule has 0 fully saturated rings. The number of hydrogen-bond donors (Lipinski definition) is 3. The molecule has 0 radical (unpaired) electrons. The van der Waals surface area contributed by atoms with Crippen LogP contribution in [0.2, 0.25) is 0 Å². The van der Waals surface area contributed by atoms with Crippen LogP contribution in [-0.4, -0.2) is 24.5 Å². The molecule has 23 heavy (non-hydrogen) atoms. The lowest BCUT2D eigenvalue weighted by atomic mass is 10.2. The molecule has 0 aliphatic carbocycles. The predicted octanol–water partition coefficient (Wildman–Crippen LogP) is 3.63. The quantitative estimate of drug-likeness (QED) is 0.561. The number of hydrazone groups is 1. The number of hydrogen-bond acceptors (Lipinski definition) is 4. The molecule has 120 valence electrons. The largest absolute Gasteiger partial charge is 0.503 e. The van der Waals surface area contributed by atoms with E-state index in [2.05, 4.69) is 31.8 Å². The first-order valence-electron chi connectivity index (χ1n) is 6.73. The molecule has 2 aromatic rings. The molecule has 2 amide bonds. The number of phenolic OH excluding ortho intramolecular Hbond substituents is 1. The van der Waals surface area contributed by atoms with Gasteiger partial charge in [0.15, 0.2) is 11.5 Å². The molecular weight excluding hydrogens is 362 g/mol. The van der Waals surface area contributed by atoms with Gasteiger partial charge in [0.05, 0.1) is 17.8 Å². The second-order valence-electron chi connectivity index (χ2n) is 4.69. The van der Waals surface area contributed by atoms with Crippen LogP contribution in [0.25, 0.3) is 0 Å². The second kappa shape index (κ2) is 7.64. The number of rotatable bonds is 4. The summed E-state index contributed by atoms with van der Waals surface area (Å²) in [5.74, 6) is 0.320. The summed E-state index contributed by atoms with van der Waals surface area (Å²) in [6, 6.07) is 10.3. The minimum Gasteiger partial charge on any atom is -0.503 e. The number of phenols is 1. The fourth-order valence-electron chi connectivity index (χ4n) is 1.85. The number of aryl methyl sites for hydroxylation is 1. The van der Waals surface area contributed by atoms with Crippen molar-refractivity contribution in [3.63, 3.8) is 0 Å². The van der Waals surface area contributed by atoms with Crippen molar-refractivity contribution >= 4 is 33.9 Å². The van der Waals surface area contributed by atoms with Crippen LogP contribution in [0.3, 0.4) is 0 Å². The van der Waals surface area contributed by atoms with Crippen LogP contribution in [0.5, 0.6) is 11.5 Å². The Kier molecular flexibility index (Phi) is 5.59. The van der Waals surface area contributed by atoms with Crippen molar-refractivity contribution < 1.29 is 14.6 Å². The number of para-hydroxylation sites is 1. The molecule has 2 aromatic carbocycles. The van der Waals surface area contributed by atoms with E-state index in [1.54, 1.807) is 18.2 Å². The van der Waals surface area contributed by atoms with E-state index in [-0.39, 0.29) is 5.75 Å². The lowest BCUT2D eigenvalue weighted by Gasteiger charge is -2.07. The Bertz CT molecular complexity index is 747. The zero-order chi connectivity index (χ0) is 16.8. The van der Waals surface area contributed by atoms with Gasteiger partial charge in [-0.3, -0.25) is 0 Å². The van der Waals surface area contributed by atoms with E-state index in [1.807, 2.05) is 25.1 Å². The molecule has 0 saturated carbocycles. The summed E-state index contributed by atoms with van der Waals surface area (Å²) in [5.41, 5.74) is 4.71. The average Bonchev–Trinajstić information content (AvgIpc) is 2.53. The van der Waals surface area contributed by atoms with E-state index in [0.29, 0.717) is 21.5 Å². The highest BCUT2D eigenvalue weighted by Crippen LogP contribution is 2.34. The highest BCUT2D eigenvalue weighted by atomic mass is 79.9. The Balaban J connectivity index is 2.00. The van der Waals surface area contributed by atoms with Gasteiger partial charge in [-0.15, -0.1) is 0 Å². The lowest BCUT2D eigenvalue weighted by Crippen LogP contribution is -2.24. The molecule has 0 aromatic heterocycles. The molecule has 2 rings (SSSR count). The molecular formula is C16H16BrN3O3. The van der Waals surface area contributed by atoms with Crippen LogP contribution in [0, 0.1) is 6.92 Å². The van der Waals surface area contributed by atoms with Crippen LogP contribution in [-0.2, 0) is 0 Å². The molecule has 0 aliphatic heterocycles. The third-order valence-corrected chi connectivity index (χ3v) is 3.65. The topological polar surface area (TPSA) is 83.0 Å². The van der Waals surface area contributed by atoms with E-state index >= 15 is 0 Å². The fourth-order valence-corrected chi connectivity index (χ4v) is 2.31. The van der Waals surface area contributed by atoms with Crippen molar-refractivity contribution in [2.75, 3.05) is 12.4 Å². The molecule has 0 atom stereocenters. The molecule has 7 heteroatoms. The molecule has 0 bridgehead atoms. The summed E-state index contributed by atoms with van der Waals surface area (Å²) in [6.07, 6.45) is 1.45. The van der Waals surface area contributed by atoms with Crippen molar-refractivity contribution in [1.29, 1.82) is 0 Å². The highest BCUT2D eigenvalue weighted by Gasteiger charge is 2.07. The Morgan fingerprint density at radius 2 is 2.09 bits per heavy atom. The van der Waals surface area contributed by atoms with Crippen molar-refractivity contribution in [2.24, 2.45) is 5.10 Å². The number of nitrogens with one attached hydrogen (secondary N) is 2. The molecule has 0 heterocycles. The Labute approximate surface area is 142 Å². The first-order valence-corrected chi connectivity index (χ1v) is 7.52. The monoisotopic (exact) mass is 377 g/mol. The minimum absolute atomic E-state index is 0.00917. The van der Waals surface area contributed by atoms with Crippen LogP contribution < -0.4 is 15.5 Å². The third-order valence-electron chi connectivity index (χ3n) is 3.04. The zero-order valence-corrected chi connectivity index (χ0v) is 14.2. The van der Waals surface area contributed by atoms with Gasteiger partial charge in [-0.1, -0.05) is 18.2 Å². The van der Waals surface area contributed by atoms with E-state index in [4.69, 9.17) is 4.74 Å². The number of carbonyl (C=O) groups is 1. The maximum Gasteiger partial charge on any atom is 0.339 e. The number of ether oxygens (including phenoxy) is 1. The summed E-state index contributed by atoms with van der Waals surface area (Å²) >= 11 is 3.22. The van der Waals surface area contributed by atoms with Crippen LogP contribution in [0.4, 0.5) is 10.5 Å². The number of amides is 2. The van der Waals surface area contributed by atoms with Crippen LogP contribution in [0.1, 0.15) is 11.1 Å². The summed E-state index contributed by atoms with van der Waals surface area (Å²) in [7, 11) is 1.45. The van der Waals surface area contributed by atoms with Crippen LogP contribution >= 0.6 is 15.9 Å². The van der Waals surface area contributed by atoms with Crippen LogP contribution in [0.15, 0.2) is 46.0 Å². The number of aromatic hydroxyl groups is 1. The van der Waals surface area contributed by atoms with Crippen molar-refractivity contribution in [3.8, 4) is 11.5 Å². The number of carbonyl (C=O) groups excluding carboxylic acids is 1. The Morgan fingerprint density at radius 3 is 2.78 bits per heavy atom. The minimum atomic E-state index is -0.444. The Morgan fingerprint density at radius 1 is 1.35 bits per heavy atom. The summed E-state index contributed by atoms with van der Waals surface area (Å²) < 4.78 is 5.52.